The number of nitrogens with zero attached hydrogens (tertiary/aromatic N) is 1. The van der Waals surface area contributed by atoms with Crippen LogP contribution < -0.4 is 0 Å². The number of benzene rings is 1. The number of hydrogen-bond donors (Lipinski definition) is 0. The molecule has 0 aliphatic heterocycles. The van der Waals surface area contributed by atoms with Crippen LogP contribution in [-0.2, 0) is 10.8 Å². The summed E-state index contributed by atoms with van der Waals surface area (Å²) < 4.78 is 4.98. The summed E-state index contributed by atoms with van der Waals surface area (Å²) in [6, 6.07) is 9.67. The minimum atomic E-state index is 0.468. The molecule has 0 aromatic heterocycles. The van der Waals surface area contributed by atoms with E-state index in [2.05, 4.69) is 0 Å². The lowest BCUT2D eigenvalue weighted by Crippen LogP contribution is -1.86. The van der Waals surface area contributed by atoms with Gasteiger partial charge in [-0.2, -0.15) is 5.26 Å². The summed E-state index contributed by atoms with van der Waals surface area (Å²) in [5.74, 6) is 0. The summed E-state index contributed by atoms with van der Waals surface area (Å²) in [5.41, 5.74) is 2.01. The van der Waals surface area contributed by atoms with Gasteiger partial charge in [0.1, 0.15) is 0 Å². The fourth-order valence-electron chi connectivity index (χ4n) is 1.02. The molecule has 0 fully saturated rings. The average Bonchev–Trinajstić information content (AvgIpc) is 2.24. The molecule has 0 saturated heterocycles. The molecule has 0 spiro atoms. The van der Waals surface area contributed by atoms with Crippen LogP contribution >= 0.6 is 11.9 Å². The van der Waals surface area contributed by atoms with E-state index in [0.717, 1.165) is 23.0 Å². The molecule has 14 heavy (non-hydrogen) atoms. The van der Waals surface area contributed by atoms with E-state index in [1.807, 2.05) is 30.3 Å². The van der Waals surface area contributed by atoms with Gasteiger partial charge < -0.3 is 4.18 Å². The second kappa shape index (κ2) is 6.30. The zero-order valence-electron chi connectivity index (χ0n) is 7.51. The van der Waals surface area contributed by atoms with E-state index >= 15 is 0 Å². The summed E-state index contributed by atoms with van der Waals surface area (Å²) in [4.78, 5) is 0. The molecule has 1 aromatic rings. The standard InChI is InChI=1S/C10H8BNOS/c11-14-13-8-10-4-1-3-9(7-10)5-2-6-12/h1-5,7H,8H2/b5-2+. The molecule has 0 atom stereocenters. The maximum Gasteiger partial charge on any atom is 0.203 e. The van der Waals surface area contributed by atoms with Crippen LogP contribution in [0, 0.1) is 11.3 Å². The van der Waals surface area contributed by atoms with E-state index in [0.29, 0.717) is 6.61 Å². The van der Waals surface area contributed by atoms with Gasteiger partial charge in [0, 0.05) is 6.08 Å². The second-order valence-corrected chi connectivity index (χ2v) is 2.99. The van der Waals surface area contributed by atoms with E-state index in [4.69, 9.17) is 16.6 Å². The number of allylic oxidation sites excluding steroid dienone is 1. The largest absolute Gasteiger partial charge is 0.324 e. The smallest absolute Gasteiger partial charge is 0.203 e. The Kier molecular flexibility index (Phi) is 4.91. The van der Waals surface area contributed by atoms with Gasteiger partial charge in [-0.25, -0.2) is 0 Å². The maximum absolute atomic E-state index is 8.36. The maximum atomic E-state index is 8.36. The Morgan fingerprint density at radius 3 is 3.14 bits per heavy atom. The van der Waals surface area contributed by atoms with Crippen molar-refractivity contribution >= 4 is 25.1 Å². The predicted octanol–water partition coefficient (Wildman–Crippen LogP) is 2.47. The minimum Gasteiger partial charge on any atom is -0.324 e. The van der Waals surface area contributed by atoms with E-state index < -0.39 is 0 Å². The van der Waals surface area contributed by atoms with E-state index in [1.54, 1.807) is 6.08 Å². The van der Waals surface area contributed by atoms with Gasteiger partial charge >= 0.3 is 0 Å². The topological polar surface area (TPSA) is 33.0 Å². The summed E-state index contributed by atoms with van der Waals surface area (Å²) in [7, 11) is 5.13. The summed E-state index contributed by atoms with van der Waals surface area (Å²) in [6.45, 7) is 0.468. The fraction of sp³-hybridized carbons (Fsp3) is 0.100. The summed E-state index contributed by atoms with van der Waals surface area (Å²) in [5, 5.41) is 8.36. The molecule has 0 saturated carbocycles. The lowest BCUT2D eigenvalue weighted by molar-refractivity contribution is 0.369. The van der Waals surface area contributed by atoms with Crippen molar-refractivity contribution < 1.29 is 4.18 Å². The van der Waals surface area contributed by atoms with Crippen LogP contribution in [0.1, 0.15) is 11.1 Å². The highest BCUT2D eigenvalue weighted by Crippen LogP contribution is 2.10. The van der Waals surface area contributed by atoms with Crippen LogP contribution in [0.3, 0.4) is 0 Å². The molecule has 0 heterocycles. The van der Waals surface area contributed by atoms with Gasteiger partial charge in [-0.1, -0.05) is 30.1 Å². The van der Waals surface area contributed by atoms with Crippen LogP contribution in [0.15, 0.2) is 30.3 Å². The molecule has 0 bridgehead atoms. The van der Waals surface area contributed by atoms with Gasteiger partial charge in [-0.3, -0.25) is 0 Å². The molecular formula is C10H8BNOS. The Morgan fingerprint density at radius 1 is 1.57 bits per heavy atom. The molecule has 4 heteroatoms. The quantitative estimate of drug-likeness (QED) is 0.426. The lowest BCUT2D eigenvalue weighted by atomic mass is 10.1. The van der Waals surface area contributed by atoms with Gasteiger partial charge in [0.05, 0.1) is 12.7 Å². The average molecular weight is 201 g/mol. The third-order valence-electron chi connectivity index (χ3n) is 1.59. The third kappa shape index (κ3) is 3.69. The van der Waals surface area contributed by atoms with Gasteiger partial charge in [0.2, 0.25) is 7.12 Å². The normalized spacial score (nSPS) is 10.2. The molecule has 68 valence electrons. The van der Waals surface area contributed by atoms with E-state index in [1.165, 1.54) is 6.08 Å². The first-order valence-corrected chi connectivity index (χ1v) is 4.80. The van der Waals surface area contributed by atoms with Crippen LogP contribution in [-0.4, -0.2) is 7.12 Å². The van der Waals surface area contributed by atoms with Gasteiger partial charge in [0.25, 0.3) is 0 Å². The fourth-order valence-corrected chi connectivity index (χ4v) is 1.23. The molecule has 0 aliphatic carbocycles. The summed E-state index contributed by atoms with van der Waals surface area (Å²) >= 11 is 0.850. The Morgan fingerprint density at radius 2 is 2.43 bits per heavy atom. The van der Waals surface area contributed by atoms with Crippen molar-refractivity contribution in [3.8, 4) is 6.07 Å². The molecule has 0 amide bonds. The monoisotopic (exact) mass is 201 g/mol. The first-order chi connectivity index (χ1) is 6.86. The third-order valence-corrected chi connectivity index (χ3v) is 1.85. The molecule has 0 N–H and O–H groups in total. The van der Waals surface area contributed by atoms with Crippen molar-refractivity contribution in [2.24, 2.45) is 0 Å². The van der Waals surface area contributed by atoms with Crippen molar-refractivity contribution in [2.75, 3.05) is 0 Å². The number of nitriles is 1. The highest BCUT2D eigenvalue weighted by Gasteiger charge is 1.93. The Labute approximate surface area is 89.1 Å². The van der Waals surface area contributed by atoms with Crippen molar-refractivity contribution in [3.63, 3.8) is 0 Å². The van der Waals surface area contributed by atoms with Crippen LogP contribution in [0.4, 0.5) is 0 Å². The Balaban J connectivity index is 2.69. The molecule has 1 aromatic carbocycles. The van der Waals surface area contributed by atoms with Gasteiger partial charge in [-0.15, -0.1) is 0 Å². The Hall–Kier alpha value is -1.18. The van der Waals surface area contributed by atoms with Crippen molar-refractivity contribution in [3.05, 3.63) is 41.5 Å². The molecule has 2 nitrogen and oxygen atoms in total. The van der Waals surface area contributed by atoms with E-state index in [-0.39, 0.29) is 0 Å². The van der Waals surface area contributed by atoms with Crippen LogP contribution in [0.5, 0.6) is 0 Å². The lowest BCUT2D eigenvalue weighted by Gasteiger charge is -2.01. The van der Waals surface area contributed by atoms with Crippen molar-refractivity contribution in [2.45, 2.75) is 6.61 Å². The van der Waals surface area contributed by atoms with Crippen LogP contribution in [0.25, 0.3) is 6.08 Å². The first kappa shape index (κ1) is 10.9. The number of rotatable bonds is 4. The summed E-state index contributed by atoms with van der Waals surface area (Å²) in [6.07, 6.45) is 3.19. The second-order valence-electron chi connectivity index (χ2n) is 2.57. The van der Waals surface area contributed by atoms with Gasteiger partial charge in [0.15, 0.2) is 0 Å². The Bertz CT molecular complexity index is 359. The van der Waals surface area contributed by atoms with Crippen molar-refractivity contribution in [1.29, 1.82) is 5.26 Å². The predicted molar refractivity (Wildman–Crippen MR) is 59.2 cm³/mol. The van der Waals surface area contributed by atoms with E-state index in [9.17, 15) is 0 Å². The molecule has 2 radical (unpaired) electrons. The SMILES string of the molecule is [B]SOCc1cccc(/C=C/C#N)c1. The zero-order valence-corrected chi connectivity index (χ0v) is 8.33. The van der Waals surface area contributed by atoms with Gasteiger partial charge in [-0.05, 0) is 23.3 Å². The first-order valence-electron chi connectivity index (χ1n) is 4.00. The van der Waals surface area contributed by atoms with Crippen molar-refractivity contribution in [1.82, 2.24) is 0 Å². The highest BCUT2D eigenvalue weighted by molar-refractivity contribution is 8.15. The molecular weight excluding hydrogens is 193 g/mol. The zero-order chi connectivity index (χ0) is 10.2. The highest BCUT2D eigenvalue weighted by atomic mass is 32.2. The molecule has 0 aliphatic rings. The number of hydrogen-bond acceptors (Lipinski definition) is 3. The molecule has 1 rings (SSSR count). The minimum absolute atomic E-state index is 0.468. The van der Waals surface area contributed by atoms with Crippen LogP contribution in [0.2, 0.25) is 0 Å². The molecule has 0 unspecified atom stereocenters.